The molecule has 4 aromatic carbocycles. The van der Waals surface area contributed by atoms with Gasteiger partial charge in [-0.15, -0.1) is 0 Å². The standard InChI is InChI=1S/C30H28N2/c1-22-14-18-27(19-15-22)31-29(25-10-6-4-7-11-25)24(3)30(26-12-8-5-9-13-26)32-28-20-16-23(2)17-21-28/h4-21,31H,1-3H3/b29-24-,32-30?. The third-order valence-electron chi connectivity index (χ3n) is 5.44. The minimum absolute atomic E-state index is 0.941. The van der Waals surface area contributed by atoms with Crippen molar-refractivity contribution in [2.45, 2.75) is 20.8 Å². The molecule has 0 aromatic heterocycles. The van der Waals surface area contributed by atoms with E-state index in [9.17, 15) is 0 Å². The first-order valence-electron chi connectivity index (χ1n) is 10.9. The maximum absolute atomic E-state index is 5.09. The van der Waals surface area contributed by atoms with E-state index in [1.54, 1.807) is 0 Å². The summed E-state index contributed by atoms with van der Waals surface area (Å²) in [5.41, 5.74) is 9.75. The lowest BCUT2D eigenvalue weighted by atomic mass is 9.98. The fourth-order valence-electron chi connectivity index (χ4n) is 3.60. The van der Waals surface area contributed by atoms with Gasteiger partial charge in [0.05, 0.1) is 17.1 Å². The van der Waals surface area contributed by atoms with Gasteiger partial charge in [-0.05, 0) is 56.2 Å². The molecule has 1 N–H and O–H groups in total. The molecule has 0 spiro atoms. The molecule has 2 heteroatoms. The van der Waals surface area contributed by atoms with E-state index in [4.69, 9.17) is 4.99 Å². The van der Waals surface area contributed by atoms with Crippen molar-refractivity contribution in [2.75, 3.05) is 5.32 Å². The van der Waals surface area contributed by atoms with Crippen LogP contribution in [0, 0.1) is 13.8 Å². The zero-order valence-corrected chi connectivity index (χ0v) is 18.8. The van der Waals surface area contributed by atoms with Crippen LogP contribution in [-0.2, 0) is 0 Å². The van der Waals surface area contributed by atoms with Crippen molar-refractivity contribution in [3.8, 4) is 0 Å². The van der Waals surface area contributed by atoms with Crippen molar-refractivity contribution >= 4 is 22.8 Å². The molecular formula is C30H28N2. The van der Waals surface area contributed by atoms with Gasteiger partial charge in [0.15, 0.2) is 0 Å². The van der Waals surface area contributed by atoms with Crippen LogP contribution >= 0.6 is 0 Å². The van der Waals surface area contributed by atoms with Crippen molar-refractivity contribution in [3.63, 3.8) is 0 Å². The lowest BCUT2D eigenvalue weighted by Gasteiger charge is -2.18. The van der Waals surface area contributed by atoms with Crippen LogP contribution in [0.4, 0.5) is 11.4 Å². The summed E-state index contributed by atoms with van der Waals surface area (Å²) in [4.78, 5) is 5.09. The van der Waals surface area contributed by atoms with E-state index < -0.39 is 0 Å². The molecule has 0 aliphatic rings. The first-order valence-corrected chi connectivity index (χ1v) is 10.9. The summed E-state index contributed by atoms with van der Waals surface area (Å²) in [7, 11) is 0. The van der Waals surface area contributed by atoms with Gasteiger partial charge >= 0.3 is 0 Å². The summed E-state index contributed by atoms with van der Waals surface area (Å²) < 4.78 is 0. The van der Waals surface area contributed by atoms with Crippen LogP contribution in [0.25, 0.3) is 5.70 Å². The maximum Gasteiger partial charge on any atom is 0.0759 e. The molecule has 0 heterocycles. The first kappa shape index (κ1) is 21.3. The molecule has 32 heavy (non-hydrogen) atoms. The van der Waals surface area contributed by atoms with Gasteiger partial charge in [0.25, 0.3) is 0 Å². The van der Waals surface area contributed by atoms with Crippen molar-refractivity contribution in [3.05, 3.63) is 137 Å². The number of anilines is 1. The topological polar surface area (TPSA) is 24.4 Å². The third kappa shape index (κ3) is 5.22. The number of hydrogen-bond acceptors (Lipinski definition) is 2. The Morgan fingerprint density at radius 1 is 0.594 bits per heavy atom. The van der Waals surface area contributed by atoms with E-state index >= 15 is 0 Å². The Balaban J connectivity index is 1.88. The minimum Gasteiger partial charge on any atom is -0.355 e. The highest BCUT2D eigenvalue weighted by atomic mass is 14.9. The lowest BCUT2D eigenvalue weighted by Crippen LogP contribution is -2.10. The molecule has 0 radical (unpaired) electrons. The fourth-order valence-corrected chi connectivity index (χ4v) is 3.60. The monoisotopic (exact) mass is 416 g/mol. The highest BCUT2D eigenvalue weighted by molar-refractivity contribution is 6.17. The Morgan fingerprint density at radius 2 is 1.09 bits per heavy atom. The van der Waals surface area contributed by atoms with Gasteiger partial charge in [-0.2, -0.15) is 0 Å². The van der Waals surface area contributed by atoms with Gasteiger partial charge in [-0.3, -0.25) is 0 Å². The molecule has 4 aromatic rings. The molecule has 2 nitrogen and oxygen atoms in total. The first-order chi connectivity index (χ1) is 15.6. The number of rotatable bonds is 6. The molecule has 0 amide bonds. The number of aliphatic imine (C=N–C) groups is 1. The van der Waals surface area contributed by atoms with Gasteiger partial charge in [0, 0.05) is 11.3 Å². The Labute approximate surface area is 191 Å². The SMILES string of the molecule is C/C(C(=Nc1ccc(C)cc1)c1ccccc1)=C(/Nc1ccc(C)cc1)c1ccccc1. The lowest BCUT2D eigenvalue weighted by molar-refractivity contribution is 1.40. The van der Waals surface area contributed by atoms with Crippen LogP contribution in [0.1, 0.15) is 29.2 Å². The average molecular weight is 417 g/mol. The Morgan fingerprint density at radius 3 is 1.66 bits per heavy atom. The van der Waals surface area contributed by atoms with Crippen molar-refractivity contribution in [2.24, 2.45) is 4.99 Å². The van der Waals surface area contributed by atoms with Crippen LogP contribution in [0.15, 0.2) is 120 Å². The van der Waals surface area contributed by atoms with Crippen molar-refractivity contribution in [1.29, 1.82) is 0 Å². The van der Waals surface area contributed by atoms with Gasteiger partial charge in [0.2, 0.25) is 0 Å². The summed E-state index contributed by atoms with van der Waals surface area (Å²) in [6, 6.07) is 37.7. The zero-order valence-electron chi connectivity index (χ0n) is 18.8. The van der Waals surface area contributed by atoms with E-state index in [1.807, 2.05) is 12.1 Å². The van der Waals surface area contributed by atoms with Gasteiger partial charge in [0.1, 0.15) is 0 Å². The summed E-state index contributed by atoms with van der Waals surface area (Å²) in [6.07, 6.45) is 0. The van der Waals surface area contributed by atoms with E-state index in [0.29, 0.717) is 0 Å². The predicted octanol–water partition coefficient (Wildman–Crippen LogP) is 7.97. The fraction of sp³-hybridized carbons (Fsp3) is 0.100. The van der Waals surface area contributed by atoms with Crippen LogP contribution in [0.2, 0.25) is 0 Å². The number of benzene rings is 4. The van der Waals surface area contributed by atoms with Crippen molar-refractivity contribution in [1.82, 2.24) is 0 Å². The van der Waals surface area contributed by atoms with E-state index in [0.717, 1.165) is 39.5 Å². The number of allylic oxidation sites excluding steroid dienone is 1. The molecule has 4 rings (SSSR count). The summed E-state index contributed by atoms with van der Waals surface area (Å²) >= 11 is 0. The molecule has 0 aliphatic carbocycles. The third-order valence-corrected chi connectivity index (χ3v) is 5.44. The molecule has 0 saturated heterocycles. The molecular weight excluding hydrogens is 388 g/mol. The van der Waals surface area contributed by atoms with Crippen LogP contribution in [0.3, 0.4) is 0 Å². The smallest absolute Gasteiger partial charge is 0.0759 e. The average Bonchev–Trinajstić information content (AvgIpc) is 2.84. The van der Waals surface area contributed by atoms with Crippen LogP contribution in [-0.4, -0.2) is 5.71 Å². The normalized spacial score (nSPS) is 12.3. The largest absolute Gasteiger partial charge is 0.355 e. The van der Waals surface area contributed by atoms with Gasteiger partial charge in [-0.1, -0.05) is 96.1 Å². The van der Waals surface area contributed by atoms with Gasteiger partial charge in [-0.25, -0.2) is 4.99 Å². The quantitative estimate of drug-likeness (QED) is 0.317. The predicted molar refractivity (Wildman–Crippen MR) is 138 cm³/mol. The second kappa shape index (κ2) is 9.93. The highest BCUT2D eigenvalue weighted by Crippen LogP contribution is 2.27. The number of aryl methyl sites for hydroxylation is 2. The maximum atomic E-state index is 5.09. The molecule has 158 valence electrons. The molecule has 0 unspecified atom stereocenters. The molecule has 0 saturated carbocycles. The van der Waals surface area contributed by atoms with E-state index in [-0.39, 0.29) is 0 Å². The summed E-state index contributed by atoms with van der Waals surface area (Å²) in [6.45, 7) is 6.34. The van der Waals surface area contributed by atoms with Crippen molar-refractivity contribution < 1.29 is 0 Å². The molecule has 0 fully saturated rings. The number of hydrogen-bond donors (Lipinski definition) is 1. The second-order valence-corrected chi connectivity index (χ2v) is 8.02. The zero-order chi connectivity index (χ0) is 22.3. The molecule has 0 aliphatic heterocycles. The molecule has 0 bridgehead atoms. The Kier molecular flexibility index (Phi) is 6.62. The second-order valence-electron chi connectivity index (χ2n) is 8.02. The summed E-state index contributed by atoms with van der Waals surface area (Å²) in [5.74, 6) is 0. The summed E-state index contributed by atoms with van der Waals surface area (Å²) in [5, 5.41) is 3.67. The van der Waals surface area contributed by atoms with Gasteiger partial charge < -0.3 is 5.32 Å². The molecule has 0 atom stereocenters. The van der Waals surface area contributed by atoms with Crippen LogP contribution in [0.5, 0.6) is 0 Å². The number of nitrogens with one attached hydrogen (secondary N) is 1. The highest BCUT2D eigenvalue weighted by Gasteiger charge is 2.14. The Hall–Kier alpha value is -3.91. The van der Waals surface area contributed by atoms with Crippen LogP contribution < -0.4 is 5.32 Å². The minimum atomic E-state index is 0.941. The Bertz CT molecular complexity index is 1220. The number of nitrogens with zero attached hydrogens (tertiary/aromatic N) is 1. The van der Waals surface area contributed by atoms with E-state index in [1.165, 1.54) is 11.1 Å². The van der Waals surface area contributed by atoms with E-state index in [2.05, 4.69) is 123 Å².